The highest BCUT2D eigenvalue weighted by molar-refractivity contribution is 14.1. The Hall–Kier alpha value is -0.760. The molecule has 0 aliphatic heterocycles. The van der Waals surface area contributed by atoms with Gasteiger partial charge in [-0.3, -0.25) is 9.59 Å². The molecule has 2 unspecified atom stereocenters. The van der Waals surface area contributed by atoms with E-state index in [1.54, 1.807) is 45.2 Å². The number of benzene rings is 2. The first kappa shape index (κ1) is 17.6. The molecule has 0 heterocycles. The van der Waals surface area contributed by atoms with Crippen LogP contribution in [0.15, 0.2) is 60.7 Å². The van der Waals surface area contributed by atoms with Crippen molar-refractivity contribution in [3.63, 3.8) is 0 Å². The van der Waals surface area contributed by atoms with Crippen molar-refractivity contribution in [2.75, 3.05) is 0 Å². The van der Waals surface area contributed by atoms with Crippen molar-refractivity contribution in [3.05, 3.63) is 71.8 Å². The number of carbonyl (C=O) groups is 2. The Morgan fingerprint density at radius 1 is 0.773 bits per heavy atom. The van der Waals surface area contributed by atoms with Crippen LogP contribution in [0.1, 0.15) is 29.9 Å². The van der Waals surface area contributed by atoms with E-state index in [9.17, 15) is 9.59 Å². The van der Waals surface area contributed by atoms with E-state index in [-0.39, 0.29) is 19.4 Å². The van der Waals surface area contributed by atoms with Gasteiger partial charge < -0.3 is 0 Å². The number of hydrogen-bond donors (Lipinski definition) is 0. The van der Waals surface area contributed by atoms with Crippen LogP contribution in [-0.4, -0.2) is 7.58 Å². The number of rotatable bonds is 6. The van der Waals surface area contributed by atoms with E-state index in [0.29, 0.717) is 0 Å². The van der Waals surface area contributed by atoms with Crippen LogP contribution in [0.4, 0.5) is 0 Å². The third-order valence-corrected chi connectivity index (χ3v) is 5.24. The molecule has 22 heavy (non-hydrogen) atoms. The van der Waals surface area contributed by atoms with Gasteiger partial charge in [-0.05, 0) is 17.0 Å². The first-order chi connectivity index (χ1) is 10.5. The molecule has 0 bridgehead atoms. The van der Waals surface area contributed by atoms with E-state index in [1.807, 2.05) is 60.7 Å². The number of hydrogen-bond acceptors (Lipinski definition) is 2. The molecule has 0 saturated carbocycles. The van der Waals surface area contributed by atoms with Gasteiger partial charge in [0.2, 0.25) is 7.58 Å². The molecule has 0 saturated heterocycles. The summed E-state index contributed by atoms with van der Waals surface area (Å²) in [4.78, 5) is 24.2. The monoisotopic (exact) mass is 518 g/mol. The molecule has 0 spiro atoms. The van der Waals surface area contributed by atoms with Crippen LogP contribution >= 0.6 is 45.2 Å². The van der Waals surface area contributed by atoms with Crippen LogP contribution in [0.25, 0.3) is 0 Å². The Balaban J connectivity index is 2.50. The largest absolute Gasteiger partial charge is 0.287 e. The summed E-state index contributed by atoms with van der Waals surface area (Å²) in [6, 6.07) is 19.9. The summed E-state index contributed by atoms with van der Waals surface area (Å²) in [6.07, 6.45) is 0. The molecular weight excluding hydrogens is 502 g/mol. The predicted molar refractivity (Wildman–Crippen MR) is 106 cm³/mol. The average molecular weight is 518 g/mol. The maximum absolute atomic E-state index is 12.1. The molecule has 0 radical (unpaired) electrons. The smallest absolute Gasteiger partial charge is 0.204 e. The standard InChI is InChI=1S/C18H16I2O2/c1-12(13-8-4-2-5-9-13)15(14-10-6-3-7-11-14)16(17(19)21)18(20)22/h2-12,15-16H,1H3. The molecule has 0 aliphatic rings. The van der Waals surface area contributed by atoms with Crippen LogP contribution in [-0.2, 0) is 9.59 Å². The molecule has 114 valence electrons. The zero-order chi connectivity index (χ0) is 16.1. The molecule has 0 aromatic heterocycles. The van der Waals surface area contributed by atoms with Crippen LogP contribution in [0.2, 0.25) is 0 Å². The minimum atomic E-state index is -0.626. The Morgan fingerprint density at radius 3 is 1.59 bits per heavy atom. The Kier molecular flexibility index (Phi) is 6.55. The third kappa shape index (κ3) is 4.16. The van der Waals surface area contributed by atoms with Crippen molar-refractivity contribution in [1.82, 2.24) is 0 Å². The van der Waals surface area contributed by atoms with Gasteiger partial charge in [-0.1, -0.05) is 67.6 Å². The molecule has 0 N–H and O–H groups in total. The normalized spacial score (nSPS) is 13.6. The molecule has 4 heteroatoms. The van der Waals surface area contributed by atoms with Crippen LogP contribution in [0.3, 0.4) is 0 Å². The highest BCUT2D eigenvalue weighted by Gasteiger charge is 2.36. The summed E-state index contributed by atoms with van der Waals surface area (Å²) in [7, 11) is 0. The van der Waals surface area contributed by atoms with E-state index in [4.69, 9.17) is 0 Å². The molecule has 2 aromatic rings. The van der Waals surface area contributed by atoms with Crippen molar-refractivity contribution in [2.24, 2.45) is 5.92 Å². The Bertz CT molecular complexity index is 627. The second kappa shape index (κ2) is 8.19. The van der Waals surface area contributed by atoms with Gasteiger partial charge in [-0.2, -0.15) is 0 Å². The molecule has 2 atom stereocenters. The molecule has 0 amide bonds. The van der Waals surface area contributed by atoms with Gasteiger partial charge in [0, 0.05) is 51.1 Å². The highest BCUT2D eigenvalue weighted by atomic mass is 127. The highest BCUT2D eigenvalue weighted by Crippen LogP contribution is 2.41. The lowest BCUT2D eigenvalue weighted by atomic mass is 9.76. The van der Waals surface area contributed by atoms with E-state index in [0.717, 1.165) is 11.1 Å². The van der Waals surface area contributed by atoms with Gasteiger partial charge in [0.1, 0.15) is 5.92 Å². The van der Waals surface area contributed by atoms with Gasteiger partial charge in [0.15, 0.2) is 0 Å². The second-order valence-corrected chi connectivity index (χ2v) is 7.35. The maximum Gasteiger partial charge on any atom is 0.204 e. The summed E-state index contributed by atoms with van der Waals surface area (Å²) in [5, 5.41) is 0. The fourth-order valence-corrected chi connectivity index (χ4v) is 4.72. The lowest BCUT2D eigenvalue weighted by Crippen LogP contribution is -2.27. The summed E-state index contributed by atoms with van der Waals surface area (Å²) in [5.41, 5.74) is 2.16. The van der Waals surface area contributed by atoms with Gasteiger partial charge >= 0.3 is 0 Å². The molecular formula is C18H16I2O2. The summed E-state index contributed by atoms with van der Waals surface area (Å²) in [5.74, 6) is -0.706. The van der Waals surface area contributed by atoms with Gasteiger partial charge in [0.05, 0.1) is 0 Å². The van der Waals surface area contributed by atoms with E-state index in [2.05, 4.69) is 6.92 Å². The summed E-state index contributed by atoms with van der Waals surface area (Å²) in [6.45, 7) is 2.08. The maximum atomic E-state index is 12.1. The molecule has 2 aromatic carbocycles. The first-order valence-corrected chi connectivity index (χ1v) is 9.16. The fourth-order valence-electron chi connectivity index (χ4n) is 2.78. The predicted octanol–water partition coefficient (Wildman–Crippen LogP) is 5.11. The zero-order valence-corrected chi connectivity index (χ0v) is 16.4. The van der Waals surface area contributed by atoms with Crippen molar-refractivity contribution in [2.45, 2.75) is 18.8 Å². The molecule has 2 rings (SSSR count). The Morgan fingerprint density at radius 2 is 1.18 bits per heavy atom. The zero-order valence-electron chi connectivity index (χ0n) is 12.1. The fraction of sp³-hybridized carbons (Fsp3) is 0.222. The van der Waals surface area contributed by atoms with E-state index < -0.39 is 5.92 Å². The number of carbonyl (C=O) groups excluding carboxylic acids is 2. The minimum Gasteiger partial charge on any atom is -0.287 e. The molecule has 2 nitrogen and oxygen atoms in total. The topological polar surface area (TPSA) is 34.1 Å². The van der Waals surface area contributed by atoms with Crippen molar-refractivity contribution >= 4 is 52.8 Å². The van der Waals surface area contributed by atoms with Gasteiger partial charge in [-0.25, -0.2) is 0 Å². The van der Waals surface area contributed by atoms with Gasteiger partial charge in [0.25, 0.3) is 0 Å². The van der Waals surface area contributed by atoms with Crippen LogP contribution < -0.4 is 0 Å². The average Bonchev–Trinajstić information content (AvgIpc) is 2.52. The van der Waals surface area contributed by atoms with Crippen LogP contribution in [0, 0.1) is 5.92 Å². The minimum absolute atomic E-state index is 0.0750. The first-order valence-electron chi connectivity index (χ1n) is 7.01. The van der Waals surface area contributed by atoms with Crippen molar-refractivity contribution < 1.29 is 9.59 Å². The quantitative estimate of drug-likeness (QED) is 0.303. The second-order valence-electron chi connectivity index (χ2n) is 5.22. The molecule has 0 aliphatic carbocycles. The van der Waals surface area contributed by atoms with Crippen LogP contribution in [0.5, 0.6) is 0 Å². The van der Waals surface area contributed by atoms with Crippen molar-refractivity contribution in [3.8, 4) is 0 Å². The van der Waals surface area contributed by atoms with E-state index in [1.165, 1.54) is 0 Å². The summed E-state index contributed by atoms with van der Waals surface area (Å²) >= 11 is 3.50. The van der Waals surface area contributed by atoms with E-state index >= 15 is 0 Å². The van der Waals surface area contributed by atoms with Gasteiger partial charge in [-0.15, -0.1) is 0 Å². The third-order valence-electron chi connectivity index (χ3n) is 3.90. The summed E-state index contributed by atoms with van der Waals surface area (Å²) < 4.78 is -0.206. The Labute approximate surface area is 158 Å². The number of halogens is 2. The van der Waals surface area contributed by atoms with Crippen molar-refractivity contribution in [1.29, 1.82) is 0 Å². The lowest BCUT2D eigenvalue weighted by molar-refractivity contribution is -0.122. The molecule has 0 fully saturated rings. The lowest BCUT2D eigenvalue weighted by Gasteiger charge is -2.29. The SMILES string of the molecule is CC(c1ccccc1)C(c1ccccc1)C(C(=O)I)C(=O)I.